The summed E-state index contributed by atoms with van der Waals surface area (Å²) in [7, 11) is 1.48. The molecule has 0 aliphatic carbocycles. The summed E-state index contributed by atoms with van der Waals surface area (Å²) in [5.74, 6) is -1.00. The molecular formula is C11H13BrN2O5. The first-order valence-corrected chi connectivity index (χ1v) is 6.13. The second-order valence-corrected chi connectivity index (χ2v) is 4.73. The highest BCUT2D eigenvalue weighted by atomic mass is 79.9. The fourth-order valence-electron chi connectivity index (χ4n) is 1.48. The number of nitrogens with zero attached hydrogens (tertiary/aromatic N) is 1. The molecule has 0 spiro atoms. The Morgan fingerprint density at radius 2 is 2.26 bits per heavy atom. The van der Waals surface area contributed by atoms with Crippen LogP contribution in [0.5, 0.6) is 5.75 Å². The monoisotopic (exact) mass is 332 g/mol. The van der Waals surface area contributed by atoms with E-state index in [9.17, 15) is 14.9 Å². The van der Waals surface area contributed by atoms with E-state index in [0.29, 0.717) is 10.0 Å². The number of aliphatic carboxylic acids is 1. The lowest BCUT2D eigenvalue weighted by atomic mass is 10.2. The molecule has 0 aliphatic rings. The Morgan fingerprint density at radius 1 is 1.63 bits per heavy atom. The van der Waals surface area contributed by atoms with Gasteiger partial charge in [-0.1, -0.05) is 15.9 Å². The van der Waals surface area contributed by atoms with Gasteiger partial charge in [0.05, 0.1) is 4.92 Å². The summed E-state index contributed by atoms with van der Waals surface area (Å²) >= 11 is 3.17. The Hall–Kier alpha value is -1.67. The molecule has 19 heavy (non-hydrogen) atoms. The first-order chi connectivity index (χ1) is 8.86. The minimum absolute atomic E-state index is 0.0784. The van der Waals surface area contributed by atoms with E-state index >= 15 is 0 Å². The van der Waals surface area contributed by atoms with E-state index in [2.05, 4.69) is 21.2 Å². The molecule has 1 aromatic carbocycles. The summed E-state index contributed by atoms with van der Waals surface area (Å²) in [4.78, 5) is 21.2. The SMILES string of the molecule is CNC(COc1c(C)cc(Br)cc1[N+](=O)[O-])C(=O)O. The minimum Gasteiger partial charge on any atom is -0.484 e. The number of carbonyl (C=O) groups is 1. The number of likely N-dealkylation sites (N-methyl/N-ethyl adjacent to an activating group) is 1. The summed E-state index contributed by atoms with van der Waals surface area (Å²) in [5, 5.41) is 22.4. The van der Waals surface area contributed by atoms with Crippen molar-refractivity contribution in [2.45, 2.75) is 13.0 Å². The van der Waals surface area contributed by atoms with Crippen molar-refractivity contribution in [2.24, 2.45) is 0 Å². The third-order valence-corrected chi connectivity index (χ3v) is 2.92. The van der Waals surface area contributed by atoms with Crippen LogP contribution in [0.4, 0.5) is 5.69 Å². The maximum Gasteiger partial charge on any atom is 0.324 e. The van der Waals surface area contributed by atoms with Crippen LogP contribution in [0.3, 0.4) is 0 Å². The summed E-state index contributed by atoms with van der Waals surface area (Å²) in [6.07, 6.45) is 0. The second kappa shape index (κ2) is 6.48. The molecule has 0 saturated carbocycles. The molecule has 0 aromatic heterocycles. The molecule has 0 saturated heterocycles. The molecule has 1 aromatic rings. The predicted octanol–water partition coefficient (Wildman–Crippen LogP) is 1.72. The van der Waals surface area contributed by atoms with Crippen LogP contribution in [0.25, 0.3) is 0 Å². The number of ether oxygens (including phenoxy) is 1. The topological polar surface area (TPSA) is 102 Å². The summed E-state index contributed by atoms with van der Waals surface area (Å²) < 4.78 is 5.86. The van der Waals surface area contributed by atoms with Gasteiger partial charge in [-0.25, -0.2) is 0 Å². The highest BCUT2D eigenvalue weighted by Crippen LogP contribution is 2.34. The Kier molecular flexibility index (Phi) is 5.25. The highest BCUT2D eigenvalue weighted by molar-refractivity contribution is 9.10. The molecule has 104 valence electrons. The fraction of sp³-hybridized carbons (Fsp3) is 0.364. The third-order valence-electron chi connectivity index (χ3n) is 2.46. The number of nitro benzene ring substituents is 1. The van der Waals surface area contributed by atoms with E-state index in [4.69, 9.17) is 9.84 Å². The molecule has 1 unspecified atom stereocenters. The van der Waals surface area contributed by atoms with Crippen molar-refractivity contribution in [2.75, 3.05) is 13.7 Å². The van der Waals surface area contributed by atoms with E-state index in [0.717, 1.165) is 0 Å². The first kappa shape index (κ1) is 15.4. The van der Waals surface area contributed by atoms with E-state index < -0.39 is 16.9 Å². The number of aryl methyl sites for hydroxylation is 1. The largest absolute Gasteiger partial charge is 0.484 e. The van der Waals surface area contributed by atoms with Gasteiger partial charge >= 0.3 is 11.7 Å². The van der Waals surface area contributed by atoms with Crippen molar-refractivity contribution in [1.29, 1.82) is 0 Å². The number of hydrogen-bond acceptors (Lipinski definition) is 5. The number of carboxylic acids is 1. The van der Waals surface area contributed by atoms with E-state index in [1.165, 1.54) is 13.1 Å². The quantitative estimate of drug-likeness (QED) is 0.607. The second-order valence-electron chi connectivity index (χ2n) is 3.82. The average Bonchev–Trinajstić information content (AvgIpc) is 2.30. The van der Waals surface area contributed by atoms with Crippen molar-refractivity contribution < 1.29 is 19.6 Å². The van der Waals surface area contributed by atoms with Gasteiger partial charge in [-0.05, 0) is 25.6 Å². The minimum atomic E-state index is -1.08. The zero-order chi connectivity index (χ0) is 14.6. The van der Waals surface area contributed by atoms with Gasteiger partial charge in [0.15, 0.2) is 5.75 Å². The van der Waals surface area contributed by atoms with E-state index in [-0.39, 0.29) is 18.0 Å². The molecule has 0 amide bonds. The van der Waals surface area contributed by atoms with Gasteiger partial charge in [0.25, 0.3) is 0 Å². The van der Waals surface area contributed by atoms with Crippen LogP contribution in [0.15, 0.2) is 16.6 Å². The van der Waals surface area contributed by atoms with Crippen molar-refractivity contribution >= 4 is 27.6 Å². The number of rotatable bonds is 6. The molecule has 1 atom stereocenters. The molecule has 1 rings (SSSR count). The Labute approximate surface area is 117 Å². The normalized spacial score (nSPS) is 11.9. The number of nitro groups is 1. The van der Waals surface area contributed by atoms with Crippen LogP contribution >= 0.6 is 15.9 Å². The molecule has 0 radical (unpaired) electrons. The summed E-state index contributed by atoms with van der Waals surface area (Å²) in [6.45, 7) is 1.46. The number of benzene rings is 1. The maximum absolute atomic E-state index is 10.9. The number of hydrogen-bond donors (Lipinski definition) is 2. The van der Waals surface area contributed by atoms with Gasteiger partial charge in [-0.2, -0.15) is 0 Å². The lowest BCUT2D eigenvalue weighted by molar-refractivity contribution is -0.386. The lowest BCUT2D eigenvalue weighted by Crippen LogP contribution is -2.39. The molecule has 0 fully saturated rings. The zero-order valence-corrected chi connectivity index (χ0v) is 11.9. The molecular weight excluding hydrogens is 320 g/mol. The van der Waals surface area contributed by atoms with Crippen LogP contribution in [0, 0.1) is 17.0 Å². The predicted molar refractivity (Wildman–Crippen MR) is 71.5 cm³/mol. The Balaban J connectivity index is 3.00. The van der Waals surface area contributed by atoms with Crippen LogP contribution in [0.1, 0.15) is 5.56 Å². The zero-order valence-electron chi connectivity index (χ0n) is 10.3. The lowest BCUT2D eigenvalue weighted by Gasteiger charge is -2.14. The van der Waals surface area contributed by atoms with Gasteiger partial charge in [-0.3, -0.25) is 14.9 Å². The van der Waals surface area contributed by atoms with Gasteiger partial charge < -0.3 is 15.2 Å². The maximum atomic E-state index is 10.9. The summed E-state index contributed by atoms with van der Waals surface area (Å²) in [6, 6.07) is 2.05. The molecule has 7 nitrogen and oxygen atoms in total. The first-order valence-electron chi connectivity index (χ1n) is 5.34. The van der Waals surface area contributed by atoms with E-state index in [1.54, 1.807) is 13.0 Å². The van der Waals surface area contributed by atoms with Gasteiger partial charge in [0, 0.05) is 10.5 Å². The molecule has 8 heteroatoms. The van der Waals surface area contributed by atoms with Crippen molar-refractivity contribution in [3.8, 4) is 5.75 Å². The van der Waals surface area contributed by atoms with Gasteiger partial charge in [0.1, 0.15) is 12.6 Å². The Bertz CT molecular complexity index is 506. The van der Waals surface area contributed by atoms with Crippen LogP contribution in [0.2, 0.25) is 0 Å². The van der Waals surface area contributed by atoms with Crippen LogP contribution < -0.4 is 10.1 Å². The fourth-order valence-corrected chi connectivity index (χ4v) is 2.04. The van der Waals surface area contributed by atoms with Crippen LogP contribution in [-0.4, -0.2) is 35.7 Å². The molecule has 2 N–H and O–H groups in total. The van der Waals surface area contributed by atoms with Crippen molar-refractivity contribution in [1.82, 2.24) is 5.32 Å². The highest BCUT2D eigenvalue weighted by Gasteiger charge is 2.22. The standard InChI is InChI=1S/C11H13BrN2O5/c1-6-3-7(12)4-9(14(17)18)10(6)19-5-8(13-2)11(15)16/h3-4,8,13H,5H2,1-2H3,(H,15,16). The number of halogens is 1. The smallest absolute Gasteiger partial charge is 0.324 e. The van der Waals surface area contributed by atoms with Gasteiger partial charge in [-0.15, -0.1) is 0 Å². The Morgan fingerprint density at radius 3 is 2.74 bits per heavy atom. The molecule has 0 aliphatic heterocycles. The van der Waals surface area contributed by atoms with E-state index in [1.807, 2.05) is 0 Å². The van der Waals surface area contributed by atoms with Gasteiger partial charge in [0.2, 0.25) is 0 Å². The number of nitrogens with one attached hydrogen (secondary N) is 1. The van der Waals surface area contributed by atoms with Crippen LogP contribution in [-0.2, 0) is 4.79 Å². The summed E-state index contributed by atoms with van der Waals surface area (Å²) in [5.41, 5.74) is 0.355. The molecule has 0 bridgehead atoms. The average molecular weight is 333 g/mol. The van der Waals surface area contributed by atoms with Crippen molar-refractivity contribution in [3.63, 3.8) is 0 Å². The third kappa shape index (κ3) is 3.90. The number of carboxylic acid groups (broad SMARTS) is 1. The molecule has 0 heterocycles. The van der Waals surface area contributed by atoms with Crippen molar-refractivity contribution in [3.05, 3.63) is 32.3 Å².